The quantitative estimate of drug-likeness (QED) is 0.722. The minimum absolute atomic E-state index is 0. The van der Waals surface area contributed by atoms with Crippen molar-refractivity contribution in [2.45, 2.75) is 25.8 Å². The van der Waals surface area contributed by atoms with Crippen LogP contribution in [-0.2, 0) is 4.79 Å². The van der Waals surface area contributed by atoms with Crippen molar-refractivity contribution in [3.63, 3.8) is 0 Å². The van der Waals surface area contributed by atoms with Crippen LogP contribution >= 0.6 is 12.4 Å². The molecule has 0 aromatic heterocycles. The predicted molar refractivity (Wildman–Crippen MR) is 74.2 cm³/mol. The fraction of sp³-hybridized carbons (Fsp3) is 0.462. The number of hydrogen-bond acceptors (Lipinski definition) is 3. The number of halogens is 1. The summed E-state index contributed by atoms with van der Waals surface area (Å²) in [5.41, 5.74) is 0.490. The maximum atomic E-state index is 12.0. The molecule has 18 heavy (non-hydrogen) atoms. The summed E-state index contributed by atoms with van der Waals surface area (Å²) in [6.45, 7) is 2.96. The summed E-state index contributed by atoms with van der Waals surface area (Å²) in [7, 11) is 0. The molecule has 1 aliphatic heterocycles. The van der Waals surface area contributed by atoms with Crippen LogP contribution in [-0.4, -0.2) is 23.6 Å². The van der Waals surface area contributed by atoms with E-state index < -0.39 is 0 Å². The molecule has 2 rings (SSSR count). The van der Waals surface area contributed by atoms with Gasteiger partial charge in [0.25, 0.3) is 0 Å². The normalized spacial score (nSPS) is 22.9. The highest BCUT2D eigenvalue weighted by atomic mass is 35.5. The average Bonchev–Trinajstić information content (AvgIpc) is 2.32. The molecular weight excluding hydrogens is 252 g/mol. The van der Waals surface area contributed by atoms with Crippen molar-refractivity contribution in [2.24, 2.45) is 5.92 Å². The lowest BCUT2D eigenvalue weighted by molar-refractivity contribution is -0.120. The van der Waals surface area contributed by atoms with Crippen LogP contribution in [0.3, 0.4) is 0 Å². The molecule has 5 heteroatoms. The summed E-state index contributed by atoms with van der Waals surface area (Å²) in [5.74, 6) is 0.147. The Bertz CT molecular complexity index is 412. The van der Waals surface area contributed by atoms with Crippen LogP contribution in [0, 0.1) is 5.92 Å². The van der Waals surface area contributed by atoms with Gasteiger partial charge in [0.15, 0.2) is 0 Å². The Morgan fingerprint density at radius 3 is 2.83 bits per heavy atom. The highest BCUT2D eigenvalue weighted by Crippen LogP contribution is 2.24. The van der Waals surface area contributed by atoms with Crippen LogP contribution in [0.1, 0.15) is 19.8 Å². The molecule has 1 heterocycles. The number of piperidine rings is 1. The van der Waals surface area contributed by atoms with Gasteiger partial charge in [-0.25, -0.2) is 0 Å². The van der Waals surface area contributed by atoms with Gasteiger partial charge in [0.2, 0.25) is 5.91 Å². The van der Waals surface area contributed by atoms with Gasteiger partial charge < -0.3 is 15.7 Å². The summed E-state index contributed by atoms with van der Waals surface area (Å²) in [4.78, 5) is 12.0. The molecule has 0 radical (unpaired) electrons. The van der Waals surface area contributed by atoms with E-state index in [1.165, 1.54) is 0 Å². The van der Waals surface area contributed by atoms with Crippen molar-refractivity contribution in [3.05, 3.63) is 24.3 Å². The second kappa shape index (κ2) is 6.61. The molecule has 0 aliphatic carbocycles. The first-order valence-corrected chi connectivity index (χ1v) is 5.99. The van der Waals surface area contributed by atoms with Crippen LogP contribution in [0.4, 0.5) is 5.69 Å². The van der Waals surface area contributed by atoms with E-state index in [1.807, 2.05) is 0 Å². The number of carbonyl (C=O) groups excluding carboxylic acids is 1. The third kappa shape index (κ3) is 3.62. The molecule has 0 spiro atoms. The second-order valence-electron chi connectivity index (χ2n) is 4.58. The number of amides is 1. The fourth-order valence-electron chi connectivity index (χ4n) is 2.18. The number of carbonyl (C=O) groups is 1. The Hall–Kier alpha value is -1.26. The first-order valence-electron chi connectivity index (χ1n) is 5.99. The zero-order valence-corrected chi connectivity index (χ0v) is 11.2. The molecule has 1 amide bonds. The first kappa shape index (κ1) is 14.8. The summed E-state index contributed by atoms with van der Waals surface area (Å²) in [6, 6.07) is 7.18. The van der Waals surface area contributed by atoms with Crippen LogP contribution in [0.2, 0.25) is 0 Å². The molecule has 2 atom stereocenters. The molecule has 1 aromatic rings. The van der Waals surface area contributed by atoms with Gasteiger partial charge in [-0.05, 0) is 38.4 Å². The second-order valence-corrected chi connectivity index (χ2v) is 4.58. The van der Waals surface area contributed by atoms with E-state index in [4.69, 9.17) is 0 Å². The number of phenols is 1. The Morgan fingerprint density at radius 2 is 2.17 bits per heavy atom. The molecule has 3 N–H and O–H groups in total. The van der Waals surface area contributed by atoms with Crippen LogP contribution in [0.15, 0.2) is 24.3 Å². The Morgan fingerprint density at radius 1 is 1.44 bits per heavy atom. The van der Waals surface area contributed by atoms with E-state index in [2.05, 4.69) is 17.6 Å². The summed E-state index contributed by atoms with van der Waals surface area (Å²) < 4.78 is 0. The van der Waals surface area contributed by atoms with Gasteiger partial charge in [0, 0.05) is 12.0 Å². The predicted octanol–water partition coefficient (Wildman–Crippen LogP) is 2.14. The third-order valence-corrected chi connectivity index (χ3v) is 3.16. The smallest absolute Gasteiger partial charge is 0.227 e. The van der Waals surface area contributed by atoms with E-state index in [1.54, 1.807) is 24.3 Å². The van der Waals surface area contributed by atoms with Crippen molar-refractivity contribution < 1.29 is 9.90 Å². The summed E-state index contributed by atoms with van der Waals surface area (Å²) in [6.07, 6.45) is 1.70. The van der Waals surface area contributed by atoms with Crippen molar-refractivity contribution in [3.8, 4) is 5.75 Å². The molecule has 100 valence electrons. The Kier molecular flexibility index (Phi) is 5.44. The summed E-state index contributed by atoms with van der Waals surface area (Å²) in [5, 5.41) is 15.7. The van der Waals surface area contributed by atoms with Crippen LogP contribution in [0.25, 0.3) is 0 Å². The van der Waals surface area contributed by atoms with E-state index in [0.29, 0.717) is 11.7 Å². The van der Waals surface area contributed by atoms with Gasteiger partial charge in [0.05, 0.1) is 5.69 Å². The maximum Gasteiger partial charge on any atom is 0.227 e. The number of benzene rings is 1. The SMILES string of the molecule is C[C@H]1C[C@@H](C(=O)Nc2ccccc2O)CCN1.Cl. The van der Waals surface area contributed by atoms with Gasteiger partial charge >= 0.3 is 0 Å². The topological polar surface area (TPSA) is 61.4 Å². The van der Waals surface area contributed by atoms with E-state index in [0.717, 1.165) is 19.4 Å². The van der Waals surface area contributed by atoms with E-state index in [-0.39, 0.29) is 30.0 Å². The number of anilines is 1. The average molecular weight is 271 g/mol. The van der Waals surface area contributed by atoms with Crippen molar-refractivity contribution in [1.82, 2.24) is 5.32 Å². The van der Waals surface area contributed by atoms with E-state index >= 15 is 0 Å². The van der Waals surface area contributed by atoms with Crippen molar-refractivity contribution >= 4 is 24.0 Å². The largest absolute Gasteiger partial charge is 0.506 e. The Labute approximate surface area is 113 Å². The monoisotopic (exact) mass is 270 g/mol. The number of aromatic hydroxyl groups is 1. The van der Waals surface area contributed by atoms with Crippen LogP contribution in [0.5, 0.6) is 5.75 Å². The van der Waals surface area contributed by atoms with Gasteiger partial charge in [-0.1, -0.05) is 12.1 Å². The zero-order chi connectivity index (χ0) is 12.3. The van der Waals surface area contributed by atoms with Crippen molar-refractivity contribution in [2.75, 3.05) is 11.9 Å². The van der Waals surface area contributed by atoms with E-state index in [9.17, 15) is 9.90 Å². The van der Waals surface area contributed by atoms with Gasteiger partial charge in [-0.2, -0.15) is 0 Å². The lowest BCUT2D eigenvalue weighted by Crippen LogP contribution is -2.40. The minimum Gasteiger partial charge on any atom is -0.506 e. The highest BCUT2D eigenvalue weighted by Gasteiger charge is 2.24. The van der Waals surface area contributed by atoms with Gasteiger partial charge in [-0.3, -0.25) is 4.79 Å². The van der Waals surface area contributed by atoms with Gasteiger partial charge in [-0.15, -0.1) is 12.4 Å². The van der Waals surface area contributed by atoms with Gasteiger partial charge in [0.1, 0.15) is 5.75 Å². The minimum atomic E-state index is -0.000139. The maximum absolute atomic E-state index is 12.0. The first-order chi connectivity index (χ1) is 8.16. The molecule has 4 nitrogen and oxygen atoms in total. The zero-order valence-electron chi connectivity index (χ0n) is 10.3. The van der Waals surface area contributed by atoms with Crippen molar-refractivity contribution in [1.29, 1.82) is 0 Å². The summed E-state index contributed by atoms with van der Waals surface area (Å²) >= 11 is 0. The molecule has 0 unspecified atom stereocenters. The number of hydrogen-bond donors (Lipinski definition) is 3. The molecule has 0 bridgehead atoms. The molecule has 1 fully saturated rings. The number of para-hydroxylation sites is 2. The number of nitrogens with one attached hydrogen (secondary N) is 2. The molecule has 1 aliphatic rings. The standard InChI is InChI=1S/C13H18N2O2.ClH/c1-9-8-10(6-7-14-9)13(17)15-11-4-2-3-5-12(11)16;/h2-5,9-10,14,16H,6-8H2,1H3,(H,15,17);1H/t9-,10-;/m0./s1. The molecule has 0 saturated carbocycles. The Balaban J connectivity index is 0.00000162. The van der Waals surface area contributed by atoms with Crippen LogP contribution < -0.4 is 10.6 Å². The lowest BCUT2D eigenvalue weighted by atomic mass is 9.92. The lowest BCUT2D eigenvalue weighted by Gasteiger charge is -2.27. The fourth-order valence-corrected chi connectivity index (χ4v) is 2.18. The number of rotatable bonds is 2. The third-order valence-electron chi connectivity index (χ3n) is 3.16. The molecule has 1 saturated heterocycles. The highest BCUT2D eigenvalue weighted by molar-refractivity contribution is 5.93. The molecule has 1 aromatic carbocycles. The number of phenolic OH excluding ortho intramolecular Hbond substituents is 1. The molecular formula is C13H19ClN2O2.